The van der Waals surface area contributed by atoms with Gasteiger partial charge in [-0.3, -0.25) is 4.79 Å². The van der Waals surface area contributed by atoms with Gasteiger partial charge in [0, 0.05) is 25.3 Å². The molecule has 1 amide bonds. The van der Waals surface area contributed by atoms with Gasteiger partial charge in [-0.15, -0.1) is 0 Å². The number of carbonyl (C=O) groups is 1. The zero-order valence-corrected chi connectivity index (χ0v) is 15.2. The van der Waals surface area contributed by atoms with Crippen LogP contribution in [0.4, 0.5) is 14.5 Å². The molecule has 3 aromatic rings. The first-order valence-corrected chi connectivity index (χ1v) is 9.23. The lowest BCUT2D eigenvalue weighted by Gasteiger charge is -2.18. The van der Waals surface area contributed by atoms with Crippen molar-refractivity contribution in [3.63, 3.8) is 0 Å². The minimum atomic E-state index is -0.393. The van der Waals surface area contributed by atoms with Crippen molar-refractivity contribution in [2.24, 2.45) is 5.92 Å². The molecule has 0 aliphatic carbocycles. The normalized spacial score (nSPS) is 16.4. The van der Waals surface area contributed by atoms with Gasteiger partial charge in [-0.05, 0) is 60.9 Å². The Kier molecular flexibility index (Phi) is 5.10. The maximum Gasteiger partial charge on any atom is 0.287 e. The zero-order chi connectivity index (χ0) is 19.5. The second-order valence-corrected chi connectivity index (χ2v) is 6.93. The molecular weight excluding hydrogens is 362 g/mol. The molecular formula is C22H20F2N2O2. The number of nitrogens with one attached hydrogen (secondary N) is 1. The van der Waals surface area contributed by atoms with E-state index in [0.29, 0.717) is 23.8 Å². The first-order chi connectivity index (χ1) is 13.6. The molecule has 2 heterocycles. The summed E-state index contributed by atoms with van der Waals surface area (Å²) in [6.45, 7) is 2.18. The topological polar surface area (TPSA) is 45.5 Å². The van der Waals surface area contributed by atoms with Crippen LogP contribution in [0.3, 0.4) is 0 Å². The molecule has 1 unspecified atom stereocenters. The Morgan fingerprint density at radius 1 is 1.07 bits per heavy atom. The van der Waals surface area contributed by atoms with E-state index in [1.807, 2.05) is 0 Å². The van der Waals surface area contributed by atoms with Gasteiger partial charge in [-0.2, -0.15) is 0 Å². The van der Waals surface area contributed by atoms with Crippen molar-refractivity contribution in [2.45, 2.75) is 6.42 Å². The molecule has 1 saturated heterocycles. The van der Waals surface area contributed by atoms with Gasteiger partial charge in [0.1, 0.15) is 17.4 Å². The summed E-state index contributed by atoms with van der Waals surface area (Å²) < 4.78 is 32.4. The molecule has 1 N–H and O–H groups in total. The van der Waals surface area contributed by atoms with Crippen molar-refractivity contribution < 1.29 is 18.0 Å². The lowest BCUT2D eigenvalue weighted by molar-refractivity contribution is 0.0921. The molecule has 1 aromatic heterocycles. The molecule has 28 heavy (non-hydrogen) atoms. The number of halogens is 2. The number of hydrogen-bond acceptors (Lipinski definition) is 3. The molecule has 144 valence electrons. The molecule has 0 radical (unpaired) electrons. The zero-order valence-electron chi connectivity index (χ0n) is 15.2. The molecule has 1 aliphatic heterocycles. The first kappa shape index (κ1) is 18.2. The molecule has 4 rings (SSSR count). The molecule has 1 aliphatic rings. The Morgan fingerprint density at radius 3 is 2.64 bits per heavy atom. The Hall–Kier alpha value is -3.15. The van der Waals surface area contributed by atoms with E-state index in [1.165, 1.54) is 18.2 Å². The van der Waals surface area contributed by atoms with Gasteiger partial charge in [-0.25, -0.2) is 8.78 Å². The van der Waals surface area contributed by atoms with E-state index in [4.69, 9.17) is 4.42 Å². The number of nitrogens with zero attached hydrogens (tertiary/aromatic N) is 1. The van der Waals surface area contributed by atoms with Gasteiger partial charge in [0.25, 0.3) is 5.91 Å². The summed E-state index contributed by atoms with van der Waals surface area (Å²) in [5.74, 6) is -0.174. The fourth-order valence-electron chi connectivity index (χ4n) is 3.48. The summed E-state index contributed by atoms with van der Waals surface area (Å²) in [5.41, 5.74) is 1.31. The summed E-state index contributed by atoms with van der Waals surface area (Å²) in [5, 5.41) is 2.89. The van der Waals surface area contributed by atoms with Crippen molar-refractivity contribution in [2.75, 3.05) is 24.5 Å². The fourth-order valence-corrected chi connectivity index (χ4v) is 3.48. The highest BCUT2D eigenvalue weighted by Gasteiger charge is 2.24. The molecule has 4 nitrogen and oxygen atoms in total. The third-order valence-corrected chi connectivity index (χ3v) is 5.00. The lowest BCUT2D eigenvalue weighted by Crippen LogP contribution is -2.30. The molecule has 6 heteroatoms. The van der Waals surface area contributed by atoms with Gasteiger partial charge in [-0.1, -0.05) is 12.1 Å². The third kappa shape index (κ3) is 3.91. The van der Waals surface area contributed by atoms with Crippen LogP contribution in [-0.2, 0) is 0 Å². The largest absolute Gasteiger partial charge is 0.451 e. The Labute approximate surface area is 161 Å². The van der Waals surface area contributed by atoms with E-state index in [-0.39, 0.29) is 17.5 Å². The fraction of sp³-hybridized carbons (Fsp3) is 0.227. The molecule has 0 spiro atoms. The number of hydrogen-bond donors (Lipinski definition) is 1. The number of benzene rings is 2. The van der Waals surface area contributed by atoms with Crippen molar-refractivity contribution in [1.82, 2.24) is 5.32 Å². The number of rotatable bonds is 5. The van der Waals surface area contributed by atoms with E-state index in [1.54, 1.807) is 42.5 Å². The second-order valence-electron chi connectivity index (χ2n) is 6.93. The minimum Gasteiger partial charge on any atom is -0.451 e. The molecule has 2 aromatic carbocycles. The third-order valence-electron chi connectivity index (χ3n) is 5.00. The number of amides is 1. The van der Waals surface area contributed by atoms with Crippen LogP contribution in [0.25, 0.3) is 11.3 Å². The van der Waals surface area contributed by atoms with Crippen LogP contribution in [0.5, 0.6) is 0 Å². The highest BCUT2D eigenvalue weighted by Crippen LogP contribution is 2.26. The van der Waals surface area contributed by atoms with Crippen LogP contribution in [0.15, 0.2) is 65.1 Å². The summed E-state index contributed by atoms with van der Waals surface area (Å²) >= 11 is 0. The van der Waals surface area contributed by atoms with Crippen LogP contribution in [0, 0.1) is 17.6 Å². The van der Waals surface area contributed by atoms with E-state index in [0.717, 1.165) is 25.2 Å². The Morgan fingerprint density at radius 2 is 1.86 bits per heavy atom. The summed E-state index contributed by atoms with van der Waals surface area (Å²) in [7, 11) is 0. The van der Waals surface area contributed by atoms with E-state index in [2.05, 4.69) is 10.2 Å². The predicted molar refractivity (Wildman–Crippen MR) is 103 cm³/mol. The highest BCUT2D eigenvalue weighted by atomic mass is 19.1. The quantitative estimate of drug-likeness (QED) is 0.708. The summed E-state index contributed by atoms with van der Waals surface area (Å²) in [4.78, 5) is 14.5. The van der Waals surface area contributed by atoms with Crippen molar-refractivity contribution in [1.29, 1.82) is 0 Å². The second kappa shape index (κ2) is 7.84. The average Bonchev–Trinajstić information content (AvgIpc) is 3.37. The van der Waals surface area contributed by atoms with Crippen LogP contribution >= 0.6 is 0 Å². The van der Waals surface area contributed by atoms with Crippen molar-refractivity contribution >= 4 is 11.6 Å². The summed E-state index contributed by atoms with van der Waals surface area (Å²) in [6, 6.07) is 15.9. The number of carbonyl (C=O) groups excluding carboxylic acids is 1. The van der Waals surface area contributed by atoms with Crippen LogP contribution in [-0.4, -0.2) is 25.5 Å². The van der Waals surface area contributed by atoms with Crippen LogP contribution < -0.4 is 10.2 Å². The Bertz CT molecular complexity index is 969. The summed E-state index contributed by atoms with van der Waals surface area (Å²) in [6.07, 6.45) is 0.941. The number of anilines is 1. The molecule has 0 bridgehead atoms. The maximum absolute atomic E-state index is 13.9. The van der Waals surface area contributed by atoms with Crippen LogP contribution in [0.2, 0.25) is 0 Å². The van der Waals surface area contributed by atoms with Crippen molar-refractivity contribution in [3.05, 3.63) is 78.1 Å². The van der Waals surface area contributed by atoms with Gasteiger partial charge in [0.2, 0.25) is 0 Å². The van der Waals surface area contributed by atoms with Gasteiger partial charge < -0.3 is 14.6 Å². The SMILES string of the molecule is O=C(NCC1CCN(c2ccc(F)cc2)C1)c1ccc(-c2ccccc2F)o1. The molecule has 1 fully saturated rings. The monoisotopic (exact) mass is 382 g/mol. The molecule has 0 saturated carbocycles. The predicted octanol–water partition coefficient (Wildman–Crippen LogP) is 4.48. The van der Waals surface area contributed by atoms with E-state index < -0.39 is 5.82 Å². The minimum absolute atomic E-state index is 0.159. The maximum atomic E-state index is 13.9. The lowest BCUT2D eigenvalue weighted by atomic mass is 10.1. The average molecular weight is 382 g/mol. The highest BCUT2D eigenvalue weighted by molar-refractivity contribution is 5.92. The van der Waals surface area contributed by atoms with Gasteiger partial charge in [0.05, 0.1) is 5.56 Å². The van der Waals surface area contributed by atoms with E-state index >= 15 is 0 Å². The van der Waals surface area contributed by atoms with Gasteiger partial charge in [0.15, 0.2) is 5.76 Å². The van der Waals surface area contributed by atoms with Gasteiger partial charge >= 0.3 is 0 Å². The first-order valence-electron chi connectivity index (χ1n) is 9.23. The van der Waals surface area contributed by atoms with Crippen LogP contribution in [0.1, 0.15) is 17.0 Å². The Balaban J connectivity index is 1.33. The standard InChI is InChI=1S/C22H20F2N2O2/c23-16-5-7-17(8-6-16)26-12-11-15(14-26)13-25-22(27)21-10-9-20(28-21)18-3-1-2-4-19(18)24/h1-10,15H,11-14H2,(H,25,27). The van der Waals surface area contributed by atoms with Crippen molar-refractivity contribution in [3.8, 4) is 11.3 Å². The van der Waals surface area contributed by atoms with E-state index in [9.17, 15) is 13.6 Å². The smallest absolute Gasteiger partial charge is 0.287 e. The number of furan rings is 1. The molecule has 1 atom stereocenters.